The highest BCUT2D eigenvalue weighted by atomic mass is 16.5. The maximum absolute atomic E-state index is 13.5. The van der Waals surface area contributed by atoms with Crippen LogP contribution in [0, 0.1) is 6.92 Å². The van der Waals surface area contributed by atoms with E-state index in [1.807, 2.05) is 49.4 Å². The Morgan fingerprint density at radius 3 is 2.12 bits per heavy atom. The van der Waals surface area contributed by atoms with E-state index in [1.165, 1.54) is 18.8 Å². The Labute approximate surface area is 190 Å². The number of benzene rings is 3. The van der Waals surface area contributed by atoms with Gasteiger partial charge in [-0.25, -0.2) is 4.79 Å². The van der Waals surface area contributed by atoms with Gasteiger partial charge in [0, 0.05) is 11.6 Å². The third-order valence-corrected chi connectivity index (χ3v) is 5.59. The zero-order valence-electron chi connectivity index (χ0n) is 18.7. The van der Waals surface area contributed by atoms with Crippen LogP contribution < -0.4 is 20.7 Å². The van der Waals surface area contributed by atoms with Crippen molar-refractivity contribution in [2.45, 2.75) is 20.0 Å². The van der Waals surface area contributed by atoms with E-state index in [9.17, 15) is 14.4 Å². The molecule has 1 aromatic heterocycles. The molecule has 0 radical (unpaired) electrons. The van der Waals surface area contributed by atoms with Crippen molar-refractivity contribution in [3.63, 3.8) is 0 Å². The number of hydrogen-bond donors (Lipinski definition) is 0. The fourth-order valence-electron chi connectivity index (χ4n) is 3.78. The highest BCUT2D eigenvalue weighted by molar-refractivity contribution is 5.96. The molecule has 4 rings (SSSR count). The predicted octanol–water partition coefficient (Wildman–Crippen LogP) is 3.42. The van der Waals surface area contributed by atoms with Gasteiger partial charge in [-0.2, -0.15) is 0 Å². The molecular weight excluding hydrogens is 420 g/mol. The molecule has 0 aliphatic rings. The first-order valence-electron chi connectivity index (χ1n) is 10.5. The summed E-state index contributed by atoms with van der Waals surface area (Å²) in [5.74, 6) is 0.489. The second kappa shape index (κ2) is 9.16. The molecule has 0 aliphatic carbocycles. The van der Waals surface area contributed by atoms with Crippen LogP contribution in [0.4, 0.5) is 0 Å². The van der Waals surface area contributed by atoms with Crippen LogP contribution in [0.25, 0.3) is 10.9 Å². The van der Waals surface area contributed by atoms with Crippen LogP contribution in [0.15, 0.2) is 76.3 Å². The molecule has 0 fully saturated rings. The van der Waals surface area contributed by atoms with Crippen molar-refractivity contribution in [2.75, 3.05) is 14.2 Å². The van der Waals surface area contributed by atoms with E-state index in [-0.39, 0.29) is 24.3 Å². The average molecular weight is 444 g/mol. The number of methoxy groups -OCH3 is 2. The highest BCUT2D eigenvalue weighted by Gasteiger charge is 2.19. The van der Waals surface area contributed by atoms with Gasteiger partial charge in [-0.1, -0.05) is 60.2 Å². The first-order valence-corrected chi connectivity index (χ1v) is 10.5. The Morgan fingerprint density at radius 2 is 1.48 bits per heavy atom. The Balaban J connectivity index is 1.93. The molecule has 1 heterocycles. The number of fused-ring (bicyclic) bond motifs is 1. The number of Topliss-reactive ketones (excluding diaryl/α,β-unsaturated/α-hetero) is 1. The summed E-state index contributed by atoms with van der Waals surface area (Å²) in [5.41, 5.74) is 1.60. The van der Waals surface area contributed by atoms with Crippen molar-refractivity contribution in [1.82, 2.24) is 9.13 Å². The molecule has 168 valence electrons. The number of rotatable bonds is 7. The molecule has 0 atom stereocenters. The Bertz CT molecular complexity index is 1430. The number of hydrogen-bond acceptors (Lipinski definition) is 5. The molecule has 0 saturated heterocycles. The average Bonchev–Trinajstić information content (AvgIpc) is 2.84. The van der Waals surface area contributed by atoms with E-state index in [0.717, 1.165) is 15.7 Å². The minimum absolute atomic E-state index is 0.0848. The molecule has 0 aliphatic heterocycles. The zero-order chi connectivity index (χ0) is 23.5. The van der Waals surface area contributed by atoms with Crippen LogP contribution in [0.1, 0.15) is 21.5 Å². The summed E-state index contributed by atoms with van der Waals surface area (Å²) in [7, 11) is 2.95. The number of nitrogens with zero attached hydrogens (tertiary/aromatic N) is 2. The minimum Gasteiger partial charge on any atom is -0.493 e. The fourth-order valence-corrected chi connectivity index (χ4v) is 3.78. The van der Waals surface area contributed by atoms with Crippen molar-refractivity contribution in [2.24, 2.45) is 0 Å². The van der Waals surface area contributed by atoms with E-state index in [1.54, 1.807) is 24.3 Å². The van der Waals surface area contributed by atoms with Gasteiger partial charge in [-0.3, -0.25) is 18.7 Å². The third kappa shape index (κ3) is 4.30. The summed E-state index contributed by atoms with van der Waals surface area (Å²) in [6, 6.07) is 19.5. The van der Waals surface area contributed by atoms with Crippen LogP contribution in [-0.2, 0) is 13.1 Å². The first-order chi connectivity index (χ1) is 15.9. The first kappa shape index (κ1) is 22.1. The molecule has 7 nitrogen and oxygen atoms in total. The third-order valence-electron chi connectivity index (χ3n) is 5.59. The quantitative estimate of drug-likeness (QED) is 0.408. The second-order valence-corrected chi connectivity index (χ2v) is 7.76. The molecular formula is C26H24N2O5. The summed E-state index contributed by atoms with van der Waals surface area (Å²) < 4.78 is 13.2. The Morgan fingerprint density at radius 1 is 0.848 bits per heavy atom. The number of aryl methyl sites for hydroxylation is 1. The number of aromatic nitrogens is 2. The lowest BCUT2D eigenvalue weighted by Crippen LogP contribution is -2.41. The lowest BCUT2D eigenvalue weighted by atomic mass is 10.1. The molecule has 0 amide bonds. The number of ether oxygens (including phenoxy) is 2. The van der Waals surface area contributed by atoms with Gasteiger partial charge in [0.1, 0.15) is 0 Å². The van der Waals surface area contributed by atoms with Gasteiger partial charge in [-0.05, 0) is 18.6 Å². The minimum atomic E-state index is -0.566. The van der Waals surface area contributed by atoms with Gasteiger partial charge in [0.15, 0.2) is 17.3 Å². The largest absolute Gasteiger partial charge is 0.493 e. The van der Waals surface area contributed by atoms with Gasteiger partial charge in [-0.15, -0.1) is 0 Å². The van der Waals surface area contributed by atoms with Gasteiger partial charge in [0.2, 0.25) is 0 Å². The van der Waals surface area contributed by atoms with Crippen LogP contribution in [0.2, 0.25) is 0 Å². The number of carbonyl (C=O) groups is 1. The maximum Gasteiger partial charge on any atom is 0.332 e. The van der Waals surface area contributed by atoms with Crippen molar-refractivity contribution in [1.29, 1.82) is 0 Å². The Kier molecular flexibility index (Phi) is 6.13. The molecule has 0 bridgehead atoms. The lowest BCUT2D eigenvalue weighted by molar-refractivity contribution is 0.0971. The van der Waals surface area contributed by atoms with Crippen molar-refractivity contribution < 1.29 is 14.3 Å². The van der Waals surface area contributed by atoms with E-state index in [4.69, 9.17) is 9.47 Å². The van der Waals surface area contributed by atoms with Crippen LogP contribution >= 0.6 is 0 Å². The van der Waals surface area contributed by atoms with Crippen LogP contribution in [0.3, 0.4) is 0 Å². The normalized spacial score (nSPS) is 10.9. The van der Waals surface area contributed by atoms with Crippen molar-refractivity contribution in [3.8, 4) is 11.5 Å². The summed E-state index contributed by atoms with van der Waals surface area (Å²) in [4.78, 5) is 39.9. The zero-order valence-corrected chi connectivity index (χ0v) is 18.7. The van der Waals surface area contributed by atoms with Crippen LogP contribution in [0.5, 0.6) is 11.5 Å². The predicted molar refractivity (Wildman–Crippen MR) is 127 cm³/mol. The summed E-state index contributed by atoms with van der Waals surface area (Å²) in [6.07, 6.45) is 0. The summed E-state index contributed by atoms with van der Waals surface area (Å²) >= 11 is 0. The monoisotopic (exact) mass is 444 g/mol. The summed E-state index contributed by atoms with van der Waals surface area (Å²) in [6.45, 7) is 1.80. The molecule has 0 N–H and O–H groups in total. The van der Waals surface area contributed by atoms with E-state index in [0.29, 0.717) is 22.6 Å². The van der Waals surface area contributed by atoms with E-state index < -0.39 is 11.2 Å². The number of ketones is 1. The Hall–Kier alpha value is -4.13. The molecule has 7 heteroatoms. The van der Waals surface area contributed by atoms with E-state index in [2.05, 4.69) is 0 Å². The SMILES string of the molecule is COc1cc2c(=O)n(Cc3ccccc3)c(=O)n(CC(=O)c3ccc(C)cc3)c2cc1OC. The molecule has 3 aromatic carbocycles. The van der Waals surface area contributed by atoms with Crippen LogP contribution in [-0.4, -0.2) is 29.1 Å². The lowest BCUT2D eigenvalue weighted by Gasteiger charge is -2.16. The van der Waals surface area contributed by atoms with Gasteiger partial charge in [0.05, 0.1) is 38.2 Å². The molecule has 0 spiro atoms. The number of carbonyl (C=O) groups excluding carboxylic acids is 1. The molecule has 4 aromatic rings. The van der Waals surface area contributed by atoms with Crippen molar-refractivity contribution >= 4 is 16.7 Å². The maximum atomic E-state index is 13.5. The molecule has 0 unspecified atom stereocenters. The van der Waals surface area contributed by atoms with Gasteiger partial charge < -0.3 is 9.47 Å². The van der Waals surface area contributed by atoms with Gasteiger partial charge >= 0.3 is 5.69 Å². The molecule has 33 heavy (non-hydrogen) atoms. The fraction of sp³-hybridized carbons (Fsp3) is 0.192. The van der Waals surface area contributed by atoms with E-state index >= 15 is 0 Å². The second-order valence-electron chi connectivity index (χ2n) is 7.76. The molecule has 0 saturated carbocycles. The van der Waals surface area contributed by atoms with Gasteiger partial charge in [0.25, 0.3) is 5.56 Å². The standard InChI is InChI=1S/C26H24N2O5/c1-17-9-11-19(12-10-17)22(29)16-27-21-14-24(33-3)23(32-2)13-20(21)25(30)28(26(27)31)15-18-7-5-4-6-8-18/h4-14H,15-16H2,1-3H3. The summed E-state index contributed by atoms with van der Waals surface area (Å²) in [5, 5.41) is 0.264. The smallest absolute Gasteiger partial charge is 0.332 e. The highest BCUT2D eigenvalue weighted by Crippen LogP contribution is 2.30. The topological polar surface area (TPSA) is 79.5 Å². The van der Waals surface area contributed by atoms with Crippen molar-refractivity contribution in [3.05, 3.63) is 104 Å².